The van der Waals surface area contributed by atoms with E-state index in [1.807, 2.05) is 13.8 Å². The van der Waals surface area contributed by atoms with Gasteiger partial charge in [0.15, 0.2) is 0 Å². The van der Waals surface area contributed by atoms with Crippen molar-refractivity contribution in [2.24, 2.45) is 11.8 Å². The second-order valence-corrected chi connectivity index (χ2v) is 4.16. The molecule has 0 aromatic heterocycles. The van der Waals surface area contributed by atoms with E-state index >= 15 is 0 Å². The molecule has 0 heterocycles. The smallest absolute Gasteiger partial charge is 0.222 e. The maximum absolute atomic E-state index is 11.2. The van der Waals surface area contributed by atoms with Gasteiger partial charge in [-0.1, -0.05) is 34.1 Å². The molecule has 0 aliphatic carbocycles. The minimum Gasteiger partial charge on any atom is -0.355 e. The molecule has 1 amide bonds. The summed E-state index contributed by atoms with van der Waals surface area (Å²) in [5.41, 5.74) is 0. The van der Waals surface area contributed by atoms with Gasteiger partial charge in [0.1, 0.15) is 0 Å². The van der Waals surface area contributed by atoms with Crippen molar-refractivity contribution in [1.29, 1.82) is 0 Å². The first kappa shape index (κ1) is 13.4. The highest BCUT2D eigenvalue weighted by atomic mass is 16.1. The van der Waals surface area contributed by atoms with Crippen LogP contribution >= 0.6 is 0 Å². The normalized spacial score (nSPS) is 12.9. The van der Waals surface area contributed by atoms with Crippen molar-refractivity contribution in [3.63, 3.8) is 0 Å². The number of hydrogen-bond acceptors (Lipinski definition) is 2. The first-order valence-corrected chi connectivity index (χ1v) is 5.56. The van der Waals surface area contributed by atoms with Crippen molar-refractivity contribution >= 4 is 5.91 Å². The summed E-state index contributed by atoms with van der Waals surface area (Å²) >= 11 is 0. The Balaban J connectivity index is 3.26. The lowest BCUT2D eigenvalue weighted by atomic mass is 10.1. The molecule has 14 heavy (non-hydrogen) atoms. The molecule has 84 valence electrons. The summed E-state index contributed by atoms with van der Waals surface area (Å²) in [4.78, 5) is 11.2. The van der Waals surface area contributed by atoms with Crippen LogP contribution in [-0.2, 0) is 4.79 Å². The molecule has 0 bridgehead atoms. The summed E-state index contributed by atoms with van der Waals surface area (Å²) in [5, 5.41) is 6.19. The summed E-state index contributed by atoms with van der Waals surface area (Å²) in [6.07, 6.45) is 1.20. The van der Waals surface area contributed by atoms with Crippen LogP contribution in [0.5, 0.6) is 0 Å². The zero-order valence-corrected chi connectivity index (χ0v) is 9.89. The highest BCUT2D eigenvalue weighted by Gasteiger charge is 2.04. The Bertz CT molecular complexity index is 157. The summed E-state index contributed by atoms with van der Waals surface area (Å²) in [5.74, 6) is 0.940. The maximum Gasteiger partial charge on any atom is 0.222 e. The van der Waals surface area contributed by atoms with Crippen molar-refractivity contribution in [3.8, 4) is 0 Å². The monoisotopic (exact) mass is 200 g/mol. The summed E-state index contributed by atoms with van der Waals surface area (Å²) in [6, 6.07) is 0. The van der Waals surface area contributed by atoms with E-state index in [1.165, 1.54) is 6.42 Å². The average molecular weight is 200 g/mol. The number of nitrogens with one attached hydrogen (secondary N) is 2. The lowest BCUT2D eigenvalue weighted by molar-refractivity contribution is -0.123. The zero-order chi connectivity index (χ0) is 11.0. The fourth-order valence-corrected chi connectivity index (χ4v) is 0.971. The lowest BCUT2D eigenvalue weighted by Crippen LogP contribution is -2.35. The predicted molar refractivity (Wildman–Crippen MR) is 60.2 cm³/mol. The summed E-state index contributed by atoms with van der Waals surface area (Å²) < 4.78 is 0. The third-order valence-electron chi connectivity index (χ3n) is 2.32. The van der Waals surface area contributed by atoms with E-state index in [1.54, 1.807) is 0 Å². The second-order valence-electron chi connectivity index (χ2n) is 4.16. The number of carbonyl (C=O) groups is 1. The van der Waals surface area contributed by atoms with Crippen molar-refractivity contribution < 1.29 is 4.79 Å². The largest absolute Gasteiger partial charge is 0.355 e. The minimum atomic E-state index is 0.0876. The van der Waals surface area contributed by atoms with Crippen LogP contribution in [0.15, 0.2) is 0 Å². The number of amides is 1. The molecule has 0 rings (SSSR count). The SMILES string of the molecule is CCC(C)CNCCNC(=O)C(C)C. The van der Waals surface area contributed by atoms with Crippen molar-refractivity contribution in [2.45, 2.75) is 34.1 Å². The number of carbonyl (C=O) groups excluding carboxylic acids is 1. The van der Waals surface area contributed by atoms with Gasteiger partial charge >= 0.3 is 0 Å². The predicted octanol–water partition coefficient (Wildman–Crippen LogP) is 1.39. The van der Waals surface area contributed by atoms with Crippen molar-refractivity contribution in [3.05, 3.63) is 0 Å². The Morgan fingerprint density at radius 1 is 1.21 bits per heavy atom. The van der Waals surface area contributed by atoms with Gasteiger partial charge in [0, 0.05) is 19.0 Å². The Kier molecular flexibility index (Phi) is 7.48. The van der Waals surface area contributed by atoms with Gasteiger partial charge in [0.25, 0.3) is 0 Å². The molecule has 0 aliphatic rings. The average Bonchev–Trinajstić information content (AvgIpc) is 2.16. The molecule has 0 spiro atoms. The molecule has 0 aromatic rings. The molecule has 0 radical (unpaired) electrons. The van der Waals surface area contributed by atoms with Crippen LogP contribution in [0.3, 0.4) is 0 Å². The van der Waals surface area contributed by atoms with E-state index in [0.717, 1.165) is 25.6 Å². The fraction of sp³-hybridized carbons (Fsp3) is 0.909. The zero-order valence-electron chi connectivity index (χ0n) is 9.89. The first-order valence-electron chi connectivity index (χ1n) is 5.56. The summed E-state index contributed by atoms with van der Waals surface area (Å²) in [7, 11) is 0. The Hall–Kier alpha value is -0.570. The third-order valence-corrected chi connectivity index (χ3v) is 2.32. The van der Waals surface area contributed by atoms with Crippen LogP contribution in [0, 0.1) is 11.8 Å². The highest BCUT2D eigenvalue weighted by molar-refractivity contribution is 5.77. The van der Waals surface area contributed by atoms with Crippen LogP contribution in [0.1, 0.15) is 34.1 Å². The third kappa shape index (κ3) is 6.89. The van der Waals surface area contributed by atoms with E-state index in [-0.39, 0.29) is 11.8 Å². The Labute approximate surface area is 87.6 Å². The molecule has 0 fully saturated rings. The molecule has 0 aromatic carbocycles. The van der Waals surface area contributed by atoms with E-state index in [4.69, 9.17) is 0 Å². The number of rotatable bonds is 7. The van der Waals surface area contributed by atoms with Crippen LogP contribution in [0.4, 0.5) is 0 Å². The standard InChI is InChI=1S/C11H24N2O/c1-5-10(4)8-12-6-7-13-11(14)9(2)3/h9-10,12H,5-8H2,1-4H3,(H,13,14). The van der Waals surface area contributed by atoms with Gasteiger partial charge in [-0.2, -0.15) is 0 Å². The lowest BCUT2D eigenvalue weighted by Gasteiger charge is -2.11. The van der Waals surface area contributed by atoms with Gasteiger partial charge in [0.05, 0.1) is 0 Å². The molecular weight excluding hydrogens is 176 g/mol. The quantitative estimate of drug-likeness (QED) is 0.610. The van der Waals surface area contributed by atoms with E-state index in [9.17, 15) is 4.79 Å². The summed E-state index contributed by atoms with van der Waals surface area (Å²) in [6.45, 7) is 10.8. The van der Waals surface area contributed by atoms with E-state index in [2.05, 4.69) is 24.5 Å². The molecule has 0 aliphatic heterocycles. The minimum absolute atomic E-state index is 0.0876. The van der Waals surface area contributed by atoms with Gasteiger partial charge in [0.2, 0.25) is 5.91 Å². The molecule has 0 saturated heterocycles. The Morgan fingerprint density at radius 2 is 1.86 bits per heavy atom. The molecule has 1 atom stereocenters. The van der Waals surface area contributed by atoms with Crippen molar-refractivity contribution in [1.82, 2.24) is 10.6 Å². The van der Waals surface area contributed by atoms with Gasteiger partial charge in [-0.25, -0.2) is 0 Å². The first-order chi connectivity index (χ1) is 6.57. The van der Waals surface area contributed by atoms with Crippen LogP contribution in [-0.4, -0.2) is 25.5 Å². The fourth-order valence-electron chi connectivity index (χ4n) is 0.971. The van der Waals surface area contributed by atoms with Gasteiger partial charge in [-0.15, -0.1) is 0 Å². The van der Waals surface area contributed by atoms with E-state index < -0.39 is 0 Å². The molecule has 2 N–H and O–H groups in total. The highest BCUT2D eigenvalue weighted by Crippen LogP contribution is 1.96. The molecular formula is C11H24N2O. The van der Waals surface area contributed by atoms with E-state index in [0.29, 0.717) is 0 Å². The Morgan fingerprint density at radius 3 is 2.36 bits per heavy atom. The van der Waals surface area contributed by atoms with Crippen LogP contribution in [0.25, 0.3) is 0 Å². The molecule has 1 unspecified atom stereocenters. The molecule has 3 nitrogen and oxygen atoms in total. The van der Waals surface area contributed by atoms with Gasteiger partial charge < -0.3 is 10.6 Å². The molecule has 0 saturated carbocycles. The molecule has 3 heteroatoms. The van der Waals surface area contributed by atoms with Gasteiger partial charge in [-0.3, -0.25) is 4.79 Å². The van der Waals surface area contributed by atoms with Crippen molar-refractivity contribution in [2.75, 3.05) is 19.6 Å². The number of hydrogen-bond donors (Lipinski definition) is 2. The maximum atomic E-state index is 11.2. The van der Waals surface area contributed by atoms with Gasteiger partial charge in [-0.05, 0) is 12.5 Å². The van der Waals surface area contributed by atoms with Crippen LogP contribution in [0.2, 0.25) is 0 Å². The van der Waals surface area contributed by atoms with Crippen LogP contribution < -0.4 is 10.6 Å². The topological polar surface area (TPSA) is 41.1 Å². The second kappa shape index (κ2) is 7.80.